The Morgan fingerprint density at radius 2 is 1.76 bits per heavy atom. The van der Waals surface area contributed by atoms with Crippen molar-refractivity contribution in [1.82, 2.24) is 5.32 Å². The molecule has 1 nitrogen and oxygen atoms in total. The first-order valence-electron chi connectivity index (χ1n) is 6.63. The molecule has 1 aliphatic rings. The monoisotopic (exact) mass is 235 g/mol. The van der Waals surface area contributed by atoms with Gasteiger partial charge in [0.15, 0.2) is 0 Å². The SMILES string of the molecule is Cc1cc(CNCC2CCCC2)cc(C)c1F. The minimum Gasteiger partial charge on any atom is -0.312 e. The molecular formula is C15H22FN. The summed E-state index contributed by atoms with van der Waals surface area (Å²) >= 11 is 0. The Morgan fingerprint density at radius 3 is 2.35 bits per heavy atom. The van der Waals surface area contributed by atoms with E-state index in [1.807, 2.05) is 26.0 Å². The second-order valence-electron chi connectivity index (χ2n) is 5.32. The summed E-state index contributed by atoms with van der Waals surface area (Å²) in [6.07, 6.45) is 5.52. The number of rotatable bonds is 4. The number of hydrogen-bond acceptors (Lipinski definition) is 1. The van der Waals surface area contributed by atoms with Gasteiger partial charge in [-0.3, -0.25) is 0 Å². The van der Waals surface area contributed by atoms with Crippen LogP contribution in [0.3, 0.4) is 0 Å². The molecule has 2 heteroatoms. The Bertz CT molecular complexity index is 358. The van der Waals surface area contributed by atoms with E-state index in [2.05, 4.69) is 5.32 Å². The maximum Gasteiger partial charge on any atom is 0.129 e. The summed E-state index contributed by atoms with van der Waals surface area (Å²) in [6.45, 7) is 5.64. The van der Waals surface area contributed by atoms with Crippen LogP contribution in [0.25, 0.3) is 0 Å². The molecule has 0 unspecified atom stereocenters. The zero-order valence-corrected chi connectivity index (χ0v) is 10.9. The maximum absolute atomic E-state index is 13.5. The Hall–Kier alpha value is -0.890. The first-order chi connectivity index (χ1) is 8.16. The number of halogens is 1. The molecule has 0 aliphatic heterocycles. The number of hydrogen-bond donors (Lipinski definition) is 1. The van der Waals surface area contributed by atoms with Gasteiger partial charge < -0.3 is 5.32 Å². The van der Waals surface area contributed by atoms with Crippen LogP contribution in [0, 0.1) is 25.6 Å². The average molecular weight is 235 g/mol. The molecule has 0 bridgehead atoms. The molecule has 1 aromatic rings. The molecule has 1 saturated carbocycles. The van der Waals surface area contributed by atoms with E-state index in [1.54, 1.807) is 0 Å². The highest BCUT2D eigenvalue weighted by Crippen LogP contribution is 2.23. The Labute approximate surface area is 103 Å². The van der Waals surface area contributed by atoms with Crippen molar-refractivity contribution in [3.63, 3.8) is 0 Å². The van der Waals surface area contributed by atoms with Crippen molar-refractivity contribution < 1.29 is 4.39 Å². The minimum absolute atomic E-state index is 0.0652. The van der Waals surface area contributed by atoms with Crippen molar-refractivity contribution in [1.29, 1.82) is 0 Å². The number of benzene rings is 1. The quantitative estimate of drug-likeness (QED) is 0.838. The molecule has 17 heavy (non-hydrogen) atoms. The predicted octanol–water partition coefficient (Wildman–Crippen LogP) is 3.72. The number of aryl methyl sites for hydroxylation is 2. The highest BCUT2D eigenvalue weighted by molar-refractivity contribution is 5.30. The second kappa shape index (κ2) is 5.63. The molecule has 1 aliphatic carbocycles. The van der Waals surface area contributed by atoms with Crippen LogP contribution in [0.2, 0.25) is 0 Å². The summed E-state index contributed by atoms with van der Waals surface area (Å²) < 4.78 is 13.5. The van der Waals surface area contributed by atoms with E-state index in [1.165, 1.54) is 31.2 Å². The molecule has 1 N–H and O–H groups in total. The van der Waals surface area contributed by atoms with Gasteiger partial charge in [-0.05, 0) is 55.8 Å². The summed E-state index contributed by atoms with van der Waals surface area (Å²) in [6, 6.07) is 3.90. The smallest absolute Gasteiger partial charge is 0.129 e. The van der Waals surface area contributed by atoms with Crippen LogP contribution < -0.4 is 5.32 Å². The van der Waals surface area contributed by atoms with E-state index in [-0.39, 0.29) is 5.82 Å². The van der Waals surface area contributed by atoms with Gasteiger partial charge in [-0.15, -0.1) is 0 Å². The van der Waals surface area contributed by atoms with Gasteiger partial charge in [0.25, 0.3) is 0 Å². The zero-order valence-electron chi connectivity index (χ0n) is 10.9. The normalized spacial score (nSPS) is 16.6. The molecule has 0 atom stereocenters. The largest absolute Gasteiger partial charge is 0.312 e. The highest BCUT2D eigenvalue weighted by atomic mass is 19.1. The van der Waals surface area contributed by atoms with Crippen molar-refractivity contribution in [2.75, 3.05) is 6.54 Å². The minimum atomic E-state index is -0.0652. The van der Waals surface area contributed by atoms with Gasteiger partial charge in [-0.25, -0.2) is 4.39 Å². The fourth-order valence-electron chi connectivity index (χ4n) is 2.77. The third kappa shape index (κ3) is 3.29. The van der Waals surface area contributed by atoms with Crippen LogP contribution in [0.1, 0.15) is 42.4 Å². The van der Waals surface area contributed by atoms with Crippen LogP contribution in [-0.2, 0) is 6.54 Å². The lowest BCUT2D eigenvalue weighted by Gasteiger charge is -2.12. The van der Waals surface area contributed by atoms with E-state index < -0.39 is 0 Å². The van der Waals surface area contributed by atoms with Crippen LogP contribution in [0.4, 0.5) is 4.39 Å². The first kappa shape index (κ1) is 12.6. The first-order valence-corrected chi connectivity index (χ1v) is 6.63. The molecule has 0 aromatic heterocycles. The molecule has 94 valence electrons. The summed E-state index contributed by atoms with van der Waals surface area (Å²) in [5.74, 6) is 0.794. The third-order valence-corrected chi connectivity index (χ3v) is 3.73. The summed E-state index contributed by atoms with van der Waals surface area (Å²) in [5.41, 5.74) is 2.70. The van der Waals surface area contributed by atoms with Crippen molar-refractivity contribution >= 4 is 0 Å². The molecular weight excluding hydrogens is 213 g/mol. The topological polar surface area (TPSA) is 12.0 Å². The summed E-state index contributed by atoms with van der Waals surface area (Å²) in [5, 5.41) is 3.50. The molecule has 0 heterocycles. The maximum atomic E-state index is 13.5. The molecule has 0 spiro atoms. The van der Waals surface area contributed by atoms with Crippen molar-refractivity contribution in [3.8, 4) is 0 Å². The lowest BCUT2D eigenvalue weighted by atomic mass is 10.1. The van der Waals surface area contributed by atoms with E-state index >= 15 is 0 Å². The fraction of sp³-hybridized carbons (Fsp3) is 0.600. The molecule has 1 fully saturated rings. The molecule has 0 saturated heterocycles. The Morgan fingerprint density at radius 1 is 1.18 bits per heavy atom. The molecule has 0 amide bonds. The average Bonchev–Trinajstić information content (AvgIpc) is 2.79. The molecule has 1 aromatic carbocycles. The van der Waals surface area contributed by atoms with E-state index in [9.17, 15) is 4.39 Å². The van der Waals surface area contributed by atoms with E-state index in [0.717, 1.165) is 30.1 Å². The predicted molar refractivity (Wildman–Crippen MR) is 69.5 cm³/mol. The van der Waals surface area contributed by atoms with E-state index in [4.69, 9.17) is 0 Å². The second-order valence-corrected chi connectivity index (χ2v) is 5.32. The van der Waals surface area contributed by atoms with Gasteiger partial charge >= 0.3 is 0 Å². The Kier molecular flexibility index (Phi) is 4.16. The van der Waals surface area contributed by atoms with Gasteiger partial charge in [-0.2, -0.15) is 0 Å². The van der Waals surface area contributed by atoms with Gasteiger partial charge in [0, 0.05) is 6.54 Å². The van der Waals surface area contributed by atoms with Crippen molar-refractivity contribution in [2.45, 2.75) is 46.1 Å². The van der Waals surface area contributed by atoms with Crippen molar-refractivity contribution in [3.05, 3.63) is 34.6 Å². The molecule has 2 rings (SSSR count). The van der Waals surface area contributed by atoms with Gasteiger partial charge in [0.2, 0.25) is 0 Å². The summed E-state index contributed by atoms with van der Waals surface area (Å²) in [7, 11) is 0. The van der Waals surface area contributed by atoms with Crippen molar-refractivity contribution in [2.24, 2.45) is 5.92 Å². The zero-order chi connectivity index (χ0) is 12.3. The van der Waals surface area contributed by atoms with Crippen LogP contribution in [-0.4, -0.2) is 6.54 Å². The molecule has 0 radical (unpaired) electrons. The number of nitrogens with one attached hydrogen (secondary N) is 1. The lowest BCUT2D eigenvalue weighted by Crippen LogP contribution is -2.20. The van der Waals surface area contributed by atoms with Gasteiger partial charge in [0.1, 0.15) is 5.82 Å². The third-order valence-electron chi connectivity index (χ3n) is 3.73. The Balaban J connectivity index is 1.86. The highest BCUT2D eigenvalue weighted by Gasteiger charge is 2.14. The fourth-order valence-corrected chi connectivity index (χ4v) is 2.77. The van der Waals surface area contributed by atoms with Crippen LogP contribution >= 0.6 is 0 Å². The van der Waals surface area contributed by atoms with Crippen LogP contribution in [0.5, 0.6) is 0 Å². The van der Waals surface area contributed by atoms with Gasteiger partial charge in [-0.1, -0.05) is 25.0 Å². The van der Waals surface area contributed by atoms with Crippen LogP contribution in [0.15, 0.2) is 12.1 Å². The van der Waals surface area contributed by atoms with E-state index in [0.29, 0.717) is 0 Å². The standard InChI is InChI=1S/C15H22FN/c1-11-7-14(8-12(2)15(11)16)10-17-9-13-5-3-4-6-13/h7-8,13,17H,3-6,9-10H2,1-2H3. The summed E-state index contributed by atoms with van der Waals surface area (Å²) in [4.78, 5) is 0. The lowest BCUT2D eigenvalue weighted by molar-refractivity contribution is 0.489. The van der Waals surface area contributed by atoms with Gasteiger partial charge in [0.05, 0.1) is 0 Å².